The number of ether oxygens (including phenoxy) is 5. The third-order valence-electron chi connectivity index (χ3n) is 11.1. The lowest BCUT2D eigenvalue weighted by molar-refractivity contribution is -0.201. The van der Waals surface area contributed by atoms with Gasteiger partial charge in [0.05, 0.1) is 25.4 Å². The quantitative estimate of drug-likeness (QED) is 0.0954. The van der Waals surface area contributed by atoms with Crippen LogP contribution in [0.1, 0.15) is 137 Å². The molecule has 0 aromatic carbocycles. The summed E-state index contributed by atoms with van der Waals surface area (Å²) in [7, 11) is 0. The van der Waals surface area contributed by atoms with Crippen molar-refractivity contribution < 1.29 is 23.7 Å². The first kappa shape index (κ1) is 36.6. The Balaban J connectivity index is 1.30. The van der Waals surface area contributed by atoms with Gasteiger partial charge in [0.15, 0.2) is 0 Å². The highest BCUT2D eigenvalue weighted by Crippen LogP contribution is 2.60. The molecule has 1 heterocycles. The molecule has 0 N–H and O–H groups in total. The second-order valence-corrected chi connectivity index (χ2v) is 15.2. The molecule has 6 nitrogen and oxygen atoms in total. The Labute approximate surface area is 272 Å². The lowest BCUT2D eigenvalue weighted by Crippen LogP contribution is -2.65. The van der Waals surface area contributed by atoms with E-state index in [4.69, 9.17) is 23.7 Å². The second-order valence-electron chi connectivity index (χ2n) is 15.2. The number of likely N-dealkylation sites (tertiary alicyclic amines) is 1. The topological polar surface area (TPSA) is 49.4 Å². The summed E-state index contributed by atoms with van der Waals surface area (Å²) in [6, 6.07) is 0.202. The van der Waals surface area contributed by atoms with E-state index in [0.29, 0.717) is 12.0 Å². The average molecular weight is 622 g/mol. The predicted octanol–water partition coefficient (Wildman–Crippen LogP) is 8.45. The Morgan fingerprint density at radius 3 is 1.73 bits per heavy atom. The monoisotopic (exact) mass is 622 g/mol. The van der Waals surface area contributed by atoms with Gasteiger partial charge in [0.1, 0.15) is 12.2 Å². The summed E-state index contributed by atoms with van der Waals surface area (Å²) in [5, 5.41) is 0. The van der Waals surface area contributed by atoms with E-state index in [0.717, 1.165) is 128 Å². The van der Waals surface area contributed by atoms with Gasteiger partial charge in [-0.15, -0.1) is 0 Å². The van der Waals surface area contributed by atoms with Gasteiger partial charge in [-0.1, -0.05) is 53.4 Å². The second kappa shape index (κ2) is 20.2. The first-order valence-corrected chi connectivity index (χ1v) is 19.4. The third kappa shape index (κ3) is 11.2. The molecule has 0 aromatic heterocycles. The molecule has 4 saturated carbocycles. The molecular formula is C38H71NO5. The number of hydrogen-bond acceptors (Lipinski definition) is 6. The Bertz CT molecular complexity index is 713. The van der Waals surface area contributed by atoms with Crippen molar-refractivity contribution in [3.8, 4) is 0 Å². The van der Waals surface area contributed by atoms with Crippen LogP contribution in [0.5, 0.6) is 0 Å². The van der Waals surface area contributed by atoms with Crippen LogP contribution in [0.15, 0.2) is 0 Å². The number of rotatable bonds is 25. The largest absolute Gasteiger partial charge is 0.381 e. The maximum atomic E-state index is 6.72. The maximum Gasteiger partial charge on any atom is 0.113 e. The van der Waals surface area contributed by atoms with Gasteiger partial charge in [-0.2, -0.15) is 0 Å². The fraction of sp³-hybridized carbons (Fsp3) is 1.00. The molecule has 4 aliphatic carbocycles. The zero-order chi connectivity index (χ0) is 31.0. The molecular weight excluding hydrogens is 550 g/mol. The van der Waals surface area contributed by atoms with Gasteiger partial charge >= 0.3 is 0 Å². The fourth-order valence-electron chi connectivity index (χ4n) is 9.13. The molecule has 1 saturated heterocycles. The molecule has 1 aliphatic heterocycles. The number of nitrogens with zero attached hydrogens (tertiary/aromatic N) is 1. The lowest BCUT2D eigenvalue weighted by atomic mass is 9.50. The Kier molecular flexibility index (Phi) is 16.8. The van der Waals surface area contributed by atoms with Crippen molar-refractivity contribution in [1.29, 1.82) is 0 Å². The fourth-order valence-corrected chi connectivity index (χ4v) is 9.13. The van der Waals surface area contributed by atoms with Crippen molar-refractivity contribution >= 4 is 0 Å². The summed E-state index contributed by atoms with van der Waals surface area (Å²) < 4.78 is 32.7. The van der Waals surface area contributed by atoms with E-state index in [1.807, 2.05) is 0 Å². The van der Waals surface area contributed by atoms with Gasteiger partial charge in [0.2, 0.25) is 0 Å². The summed E-state index contributed by atoms with van der Waals surface area (Å²) in [5.41, 5.74) is 0.531. The third-order valence-corrected chi connectivity index (χ3v) is 11.1. The van der Waals surface area contributed by atoms with Crippen LogP contribution < -0.4 is 0 Å². The standard InChI is InChI=1S/C38H71NO5/c1-5-9-17-40-29-34-36(43-20-11-7-3)37(44-21-12-8-4)35(42-19-10-6-2)28-39(34)16-14-13-15-18-41-30-38-25-31-22-32(26-38)24-33(23-31)27-38/h31-37H,5-30H2,1-4H3/t31?,32?,33?,34-,35+,36-,37-,38?/m0/s1. The highest BCUT2D eigenvalue weighted by molar-refractivity contribution is 5.01. The summed E-state index contributed by atoms with van der Waals surface area (Å²) >= 11 is 0. The van der Waals surface area contributed by atoms with Crippen LogP contribution in [-0.4, -0.2) is 88.6 Å². The molecule has 5 rings (SSSR count). The molecule has 4 bridgehead atoms. The van der Waals surface area contributed by atoms with Gasteiger partial charge in [-0.25, -0.2) is 0 Å². The molecule has 0 unspecified atom stereocenters. The van der Waals surface area contributed by atoms with E-state index in [9.17, 15) is 0 Å². The molecule has 0 amide bonds. The van der Waals surface area contributed by atoms with Crippen molar-refractivity contribution in [1.82, 2.24) is 4.90 Å². The van der Waals surface area contributed by atoms with E-state index in [1.54, 1.807) is 0 Å². The van der Waals surface area contributed by atoms with Gasteiger partial charge < -0.3 is 23.7 Å². The van der Waals surface area contributed by atoms with Gasteiger partial charge in [0.25, 0.3) is 0 Å². The molecule has 6 heteroatoms. The zero-order valence-corrected chi connectivity index (χ0v) is 29.4. The van der Waals surface area contributed by atoms with Crippen LogP contribution in [-0.2, 0) is 23.7 Å². The predicted molar refractivity (Wildman–Crippen MR) is 180 cm³/mol. The SMILES string of the molecule is CCCCOC[C@H]1[C@H](OCCCC)[C@@H](OCCCC)[C@H](OCCCC)CN1CCCCCOCC12CC3CC(CC(C3)C1)C2. The van der Waals surface area contributed by atoms with E-state index in [2.05, 4.69) is 32.6 Å². The van der Waals surface area contributed by atoms with Crippen molar-refractivity contribution in [2.45, 2.75) is 161 Å². The first-order valence-electron chi connectivity index (χ1n) is 19.4. The van der Waals surface area contributed by atoms with E-state index in [1.165, 1.54) is 51.4 Å². The van der Waals surface area contributed by atoms with Crippen LogP contribution >= 0.6 is 0 Å². The summed E-state index contributed by atoms with van der Waals surface area (Å²) in [6.07, 6.45) is 21.3. The minimum atomic E-state index is -0.0377. The minimum absolute atomic E-state index is 0.0241. The Morgan fingerprint density at radius 2 is 1.11 bits per heavy atom. The van der Waals surface area contributed by atoms with Crippen molar-refractivity contribution in [3.63, 3.8) is 0 Å². The molecule has 44 heavy (non-hydrogen) atoms. The summed E-state index contributed by atoms with van der Waals surface area (Å²) in [5.74, 6) is 3.03. The minimum Gasteiger partial charge on any atom is -0.381 e. The molecule has 0 radical (unpaired) electrons. The average Bonchev–Trinajstić information content (AvgIpc) is 3.00. The number of unbranched alkanes of at least 4 members (excludes halogenated alkanes) is 6. The van der Waals surface area contributed by atoms with Gasteiger partial charge in [-0.05, 0) is 113 Å². The van der Waals surface area contributed by atoms with Crippen LogP contribution in [0, 0.1) is 23.2 Å². The van der Waals surface area contributed by atoms with Crippen LogP contribution in [0.2, 0.25) is 0 Å². The molecule has 0 spiro atoms. The number of hydrogen-bond donors (Lipinski definition) is 0. The maximum absolute atomic E-state index is 6.72. The van der Waals surface area contributed by atoms with Gasteiger partial charge in [-0.3, -0.25) is 4.90 Å². The first-order chi connectivity index (χ1) is 21.6. The Morgan fingerprint density at radius 1 is 0.568 bits per heavy atom. The van der Waals surface area contributed by atoms with Crippen LogP contribution in [0.3, 0.4) is 0 Å². The molecule has 258 valence electrons. The summed E-state index contributed by atoms with van der Waals surface area (Å²) in [6.45, 7) is 16.7. The summed E-state index contributed by atoms with van der Waals surface area (Å²) in [4.78, 5) is 2.63. The lowest BCUT2D eigenvalue weighted by Gasteiger charge is -2.56. The molecule has 0 aromatic rings. The van der Waals surface area contributed by atoms with Crippen LogP contribution in [0.4, 0.5) is 0 Å². The smallest absolute Gasteiger partial charge is 0.113 e. The molecule has 4 atom stereocenters. The number of piperidine rings is 1. The molecule has 5 aliphatic rings. The van der Waals surface area contributed by atoms with E-state index < -0.39 is 0 Å². The van der Waals surface area contributed by atoms with E-state index in [-0.39, 0.29) is 24.4 Å². The van der Waals surface area contributed by atoms with Crippen molar-refractivity contribution in [3.05, 3.63) is 0 Å². The van der Waals surface area contributed by atoms with Crippen molar-refractivity contribution in [2.24, 2.45) is 23.2 Å². The zero-order valence-electron chi connectivity index (χ0n) is 29.4. The van der Waals surface area contributed by atoms with Gasteiger partial charge in [0, 0.05) is 39.6 Å². The highest BCUT2D eigenvalue weighted by atomic mass is 16.6. The van der Waals surface area contributed by atoms with Crippen molar-refractivity contribution in [2.75, 3.05) is 59.3 Å². The van der Waals surface area contributed by atoms with E-state index >= 15 is 0 Å². The van der Waals surface area contributed by atoms with Crippen LogP contribution in [0.25, 0.3) is 0 Å². The molecule has 5 fully saturated rings. The highest BCUT2D eigenvalue weighted by Gasteiger charge is 2.51. The Hall–Kier alpha value is -0.240. The normalized spacial score (nSPS) is 33.4.